The Morgan fingerprint density at radius 2 is 1.95 bits per heavy atom. The van der Waals surface area contributed by atoms with Crippen LogP contribution in [0.2, 0.25) is 5.15 Å². The number of rotatable bonds is 2. The number of pyridine rings is 1. The minimum absolute atomic E-state index is 0.235. The molecule has 0 aromatic carbocycles. The highest BCUT2D eigenvalue weighted by Crippen LogP contribution is 2.24. The van der Waals surface area contributed by atoms with E-state index in [0.29, 0.717) is 17.0 Å². The van der Waals surface area contributed by atoms with Crippen molar-refractivity contribution in [3.63, 3.8) is 0 Å². The van der Waals surface area contributed by atoms with Crippen molar-refractivity contribution in [3.8, 4) is 0 Å². The van der Waals surface area contributed by atoms with Gasteiger partial charge in [0.25, 0.3) is 5.91 Å². The van der Waals surface area contributed by atoms with E-state index in [9.17, 15) is 4.79 Å². The highest BCUT2D eigenvalue weighted by atomic mass is 35.5. The van der Waals surface area contributed by atoms with E-state index in [1.807, 2.05) is 20.8 Å². The number of carbonyl (C=O) groups excluding carboxylic acids is 1. The molecule has 0 saturated carbocycles. The Bertz CT molecular complexity index is 647. The highest BCUT2D eigenvalue weighted by molar-refractivity contribution is 6.32. The first-order chi connectivity index (χ1) is 8.90. The van der Waals surface area contributed by atoms with E-state index in [-0.39, 0.29) is 11.1 Å². The SMILES string of the molecule is Cc1cnc(Cl)c(NC(=O)c2c(C)oc(C)c2C)c1. The number of nitrogens with one attached hydrogen (secondary N) is 1. The number of hydrogen-bond acceptors (Lipinski definition) is 3. The van der Waals surface area contributed by atoms with E-state index >= 15 is 0 Å². The van der Waals surface area contributed by atoms with Crippen molar-refractivity contribution in [3.05, 3.63) is 45.6 Å². The zero-order valence-corrected chi connectivity index (χ0v) is 12.1. The second-order valence-corrected chi connectivity index (χ2v) is 4.88. The molecule has 5 heteroatoms. The van der Waals surface area contributed by atoms with Crippen molar-refractivity contribution >= 4 is 23.2 Å². The number of furan rings is 1. The lowest BCUT2D eigenvalue weighted by Gasteiger charge is -2.07. The summed E-state index contributed by atoms with van der Waals surface area (Å²) in [5.41, 5.74) is 2.82. The number of nitrogens with zero attached hydrogens (tertiary/aromatic N) is 1. The molecule has 1 N–H and O–H groups in total. The van der Waals surface area contributed by atoms with Gasteiger partial charge in [-0.3, -0.25) is 4.79 Å². The third kappa shape index (κ3) is 2.63. The number of anilines is 1. The molecule has 0 saturated heterocycles. The monoisotopic (exact) mass is 278 g/mol. The van der Waals surface area contributed by atoms with Crippen molar-refractivity contribution < 1.29 is 9.21 Å². The van der Waals surface area contributed by atoms with Gasteiger partial charge in [0.05, 0.1) is 11.3 Å². The molecule has 1 amide bonds. The number of halogens is 1. The zero-order chi connectivity index (χ0) is 14.2. The van der Waals surface area contributed by atoms with Crippen molar-refractivity contribution in [1.82, 2.24) is 4.98 Å². The zero-order valence-electron chi connectivity index (χ0n) is 11.3. The molecule has 0 spiro atoms. The van der Waals surface area contributed by atoms with Crippen LogP contribution in [0, 0.1) is 27.7 Å². The quantitative estimate of drug-likeness (QED) is 0.850. The Hall–Kier alpha value is -1.81. The molecular formula is C14H15ClN2O2. The first-order valence-corrected chi connectivity index (χ1v) is 6.28. The van der Waals surface area contributed by atoms with E-state index in [0.717, 1.165) is 16.9 Å². The van der Waals surface area contributed by atoms with Gasteiger partial charge in [0.2, 0.25) is 0 Å². The summed E-state index contributed by atoms with van der Waals surface area (Å²) in [5.74, 6) is 1.11. The predicted octanol–water partition coefficient (Wildman–Crippen LogP) is 3.81. The minimum Gasteiger partial charge on any atom is -0.466 e. The first-order valence-electron chi connectivity index (χ1n) is 5.90. The van der Waals surface area contributed by atoms with Crippen LogP contribution in [0.5, 0.6) is 0 Å². The number of aromatic nitrogens is 1. The Balaban J connectivity index is 2.33. The van der Waals surface area contributed by atoms with Gasteiger partial charge in [0.15, 0.2) is 5.15 Å². The fourth-order valence-corrected chi connectivity index (χ4v) is 2.10. The summed E-state index contributed by atoms with van der Waals surface area (Å²) in [6.07, 6.45) is 1.65. The molecule has 0 radical (unpaired) electrons. The largest absolute Gasteiger partial charge is 0.466 e. The van der Waals surface area contributed by atoms with Gasteiger partial charge in [-0.1, -0.05) is 11.6 Å². The van der Waals surface area contributed by atoms with Crippen LogP contribution in [0.1, 0.15) is 33.0 Å². The van der Waals surface area contributed by atoms with Gasteiger partial charge >= 0.3 is 0 Å². The minimum atomic E-state index is -0.235. The van der Waals surface area contributed by atoms with E-state index in [4.69, 9.17) is 16.0 Å². The number of hydrogen-bond donors (Lipinski definition) is 1. The fraction of sp³-hybridized carbons (Fsp3) is 0.286. The lowest BCUT2D eigenvalue weighted by atomic mass is 10.1. The molecule has 2 aromatic heterocycles. The van der Waals surface area contributed by atoms with E-state index in [1.165, 1.54) is 0 Å². The van der Waals surface area contributed by atoms with Crippen molar-refractivity contribution in [2.75, 3.05) is 5.32 Å². The summed E-state index contributed by atoms with van der Waals surface area (Å²) in [6.45, 7) is 7.35. The van der Waals surface area contributed by atoms with Crippen molar-refractivity contribution in [1.29, 1.82) is 0 Å². The molecule has 19 heavy (non-hydrogen) atoms. The van der Waals surface area contributed by atoms with Gasteiger partial charge in [0.1, 0.15) is 11.5 Å². The van der Waals surface area contributed by atoms with Crippen molar-refractivity contribution in [2.45, 2.75) is 27.7 Å². The van der Waals surface area contributed by atoms with Crippen LogP contribution in [0.25, 0.3) is 0 Å². The first kappa shape index (κ1) is 13.6. The van der Waals surface area contributed by atoms with Crippen LogP contribution in [-0.4, -0.2) is 10.9 Å². The van der Waals surface area contributed by atoms with Gasteiger partial charge in [-0.15, -0.1) is 0 Å². The van der Waals surface area contributed by atoms with Gasteiger partial charge < -0.3 is 9.73 Å². The maximum Gasteiger partial charge on any atom is 0.259 e. The van der Waals surface area contributed by atoms with E-state index < -0.39 is 0 Å². The molecule has 2 rings (SSSR count). The summed E-state index contributed by atoms with van der Waals surface area (Å²) < 4.78 is 5.45. The molecule has 2 heterocycles. The van der Waals surface area contributed by atoms with E-state index in [2.05, 4.69) is 10.3 Å². The normalized spacial score (nSPS) is 10.6. The molecule has 0 aliphatic heterocycles. The Morgan fingerprint density at radius 3 is 2.53 bits per heavy atom. The van der Waals surface area contributed by atoms with Crippen LogP contribution in [-0.2, 0) is 0 Å². The molecule has 0 atom stereocenters. The fourth-order valence-electron chi connectivity index (χ4n) is 1.95. The number of carbonyl (C=O) groups is 1. The maximum atomic E-state index is 12.3. The second kappa shape index (κ2) is 5.05. The summed E-state index contributed by atoms with van der Waals surface area (Å²) in [6, 6.07) is 1.78. The lowest BCUT2D eigenvalue weighted by Crippen LogP contribution is -2.14. The molecule has 4 nitrogen and oxygen atoms in total. The molecule has 0 fully saturated rings. The van der Waals surface area contributed by atoms with Gasteiger partial charge in [-0.2, -0.15) is 0 Å². The van der Waals surface area contributed by atoms with Crippen LogP contribution < -0.4 is 5.32 Å². The van der Waals surface area contributed by atoms with E-state index in [1.54, 1.807) is 19.2 Å². The van der Waals surface area contributed by atoms with Gasteiger partial charge in [0, 0.05) is 11.8 Å². The molecule has 0 unspecified atom stereocenters. The predicted molar refractivity (Wildman–Crippen MR) is 74.9 cm³/mol. The van der Waals surface area contributed by atoms with Crippen LogP contribution >= 0.6 is 11.6 Å². The number of aryl methyl sites for hydroxylation is 3. The number of amides is 1. The topological polar surface area (TPSA) is 55.1 Å². The molecule has 0 aliphatic carbocycles. The summed E-state index contributed by atoms with van der Waals surface area (Å²) in [7, 11) is 0. The van der Waals surface area contributed by atoms with Gasteiger partial charge in [-0.05, 0) is 39.3 Å². The molecule has 0 bridgehead atoms. The molecule has 2 aromatic rings. The molecular weight excluding hydrogens is 264 g/mol. The Labute approximate surface area is 116 Å². The highest BCUT2D eigenvalue weighted by Gasteiger charge is 2.19. The summed E-state index contributed by atoms with van der Waals surface area (Å²) >= 11 is 5.96. The molecule has 100 valence electrons. The summed E-state index contributed by atoms with van der Waals surface area (Å²) in [4.78, 5) is 16.3. The smallest absolute Gasteiger partial charge is 0.259 e. The maximum absolute atomic E-state index is 12.3. The average molecular weight is 279 g/mol. The Kier molecular flexibility index (Phi) is 3.62. The average Bonchev–Trinajstić information content (AvgIpc) is 2.58. The van der Waals surface area contributed by atoms with Crippen molar-refractivity contribution in [2.24, 2.45) is 0 Å². The Morgan fingerprint density at radius 1 is 1.26 bits per heavy atom. The lowest BCUT2D eigenvalue weighted by molar-refractivity contribution is 0.102. The third-order valence-electron chi connectivity index (χ3n) is 3.01. The van der Waals surface area contributed by atoms with Crippen LogP contribution in [0.4, 0.5) is 5.69 Å². The molecule has 0 aliphatic rings. The standard InChI is InChI=1S/C14H15ClN2O2/c1-7-5-11(13(15)16-6-7)17-14(18)12-8(2)9(3)19-10(12)4/h5-6H,1-4H3,(H,17,18). The van der Waals surface area contributed by atoms with Gasteiger partial charge in [-0.25, -0.2) is 4.98 Å². The third-order valence-corrected chi connectivity index (χ3v) is 3.31. The van der Waals surface area contributed by atoms with Crippen LogP contribution in [0.15, 0.2) is 16.7 Å². The second-order valence-electron chi connectivity index (χ2n) is 4.52. The summed E-state index contributed by atoms with van der Waals surface area (Å²) in [5, 5.41) is 3.04. The van der Waals surface area contributed by atoms with Crippen LogP contribution in [0.3, 0.4) is 0 Å².